The molecule has 3 fully saturated rings. The standard InChI is InChI=1S/C15H27N3O2/c1-9-4-3-5-11-6-13(18-14(9)11)15(19)16-7-12-8-17-20-10(12)2/h9-14,17-18H,3-8H2,1-2H3,(H,16,19). The van der Waals surface area contributed by atoms with E-state index < -0.39 is 0 Å². The van der Waals surface area contributed by atoms with Crippen molar-refractivity contribution >= 4 is 5.91 Å². The fraction of sp³-hybridized carbons (Fsp3) is 0.933. The van der Waals surface area contributed by atoms with E-state index in [-0.39, 0.29) is 18.1 Å². The van der Waals surface area contributed by atoms with Gasteiger partial charge >= 0.3 is 0 Å². The van der Waals surface area contributed by atoms with Crippen LogP contribution in [0, 0.1) is 17.8 Å². The van der Waals surface area contributed by atoms with Crippen LogP contribution in [0.25, 0.3) is 0 Å². The van der Waals surface area contributed by atoms with Crippen molar-refractivity contribution in [2.75, 3.05) is 13.1 Å². The van der Waals surface area contributed by atoms with E-state index in [9.17, 15) is 4.79 Å². The number of hydrogen-bond donors (Lipinski definition) is 3. The molecule has 0 aromatic carbocycles. The van der Waals surface area contributed by atoms with Gasteiger partial charge < -0.3 is 10.6 Å². The average Bonchev–Trinajstić information content (AvgIpc) is 3.03. The van der Waals surface area contributed by atoms with Gasteiger partial charge in [-0.3, -0.25) is 9.63 Å². The second-order valence-electron chi connectivity index (χ2n) is 6.83. The van der Waals surface area contributed by atoms with Crippen LogP contribution in [0.2, 0.25) is 0 Å². The molecule has 114 valence electrons. The third kappa shape index (κ3) is 2.85. The quantitative estimate of drug-likeness (QED) is 0.716. The van der Waals surface area contributed by atoms with Crippen molar-refractivity contribution in [2.24, 2.45) is 17.8 Å². The number of fused-ring (bicyclic) bond motifs is 1. The van der Waals surface area contributed by atoms with Crippen LogP contribution in [-0.2, 0) is 9.63 Å². The van der Waals surface area contributed by atoms with E-state index in [1.807, 2.05) is 6.92 Å². The smallest absolute Gasteiger partial charge is 0.237 e. The van der Waals surface area contributed by atoms with Gasteiger partial charge in [0.1, 0.15) is 0 Å². The maximum atomic E-state index is 12.3. The minimum Gasteiger partial charge on any atom is -0.354 e. The zero-order valence-electron chi connectivity index (χ0n) is 12.5. The van der Waals surface area contributed by atoms with E-state index in [2.05, 4.69) is 23.0 Å². The highest BCUT2D eigenvalue weighted by molar-refractivity contribution is 5.82. The molecule has 5 nitrogen and oxygen atoms in total. The molecule has 0 spiro atoms. The Hall–Kier alpha value is -0.650. The van der Waals surface area contributed by atoms with Crippen LogP contribution in [0.15, 0.2) is 0 Å². The Bertz CT molecular complexity index is 363. The maximum Gasteiger partial charge on any atom is 0.237 e. The van der Waals surface area contributed by atoms with Crippen LogP contribution < -0.4 is 16.1 Å². The summed E-state index contributed by atoms with van der Waals surface area (Å²) in [4.78, 5) is 17.6. The highest BCUT2D eigenvalue weighted by Gasteiger charge is 2.41. The average molecular weight is 281 g/mol. The summed E-state index contributed by atoms with van der Waals surface area (Å²) < 4.78 is 0. The van der Waals surface area contributed by atoms with Crippen molar-refractivity contribution in [1.82, 2.24) is 16.1 Å². The molecule has 1 saturated carbocycles. The largest absolute Gasteiger partial charge is 0.354 e. The molecule has 3 N–H and O–H groups in total. The van der Waals surface area contributed by atoms with E-state index in [0.717, 1.165) is 13.0 Å². The third-order valence-electron chi connectivity index (χ3n) is 5.42. The number of rotatable bonds is 3. The van der Waals surface area contributed by atoms with Gasteiger partial charge in [-0.15, -0.1) is 0 Å². The zero-order valence-corrected chi connectivity index (χ0v) is 12.5. The number of carbonyl (C=O) groups excluding carboxylic acids is 1. The lowest BCUT2D eigenvalue weighted by Crippen LogP contribution is -2.46. The molecular weight excluding hydrogens is 254 g/mol. The molecule has 3 aliphatic rings. The van der Waals surface area contributed by atoms with Crippen molar-refractivity contribution < 1.29 is 9.63 Å². The minimum atomic E-state index is 0.0103. The Morgan fingerprint density at radius 1 is 1.35 bits per heavy atom. The predicted octanol–water partition coefficient (Wildman–Crippen LogP) is 0.809. The SMILES string of the molecule is CC1CCCC2CC(C(=O)NCC3CNOC3C)NC12. The summed E-state index contributed by atoms with van der Waals surface area (Å²) in [7, 11) is 0. The van der Waals surface area contributed by atoms with Gasteiger partial charge in [0.2, 0.25) is 5.91 Å². The molecule has 2 aliphatic heterocycles. The molecule has 0 aromatic rings. The van der Waals surface area contributed by atoms with Crippen LogP contribution in [0.3, 0.4) is 0 Å². The van der Waals surface area contributed by atoms with Gasteiger partial charge in [0, 0.05) is 25.0 Å². The second kappa shape index (κ2) is 6.00. The number of carbonyl (C=O) groups is 1. The van der Waals surface area contributed by atoms with Gasteiger partial charge in [0.05, 0.1) is 12.1 Å². The maximum absolute atomic E-state index is 12.3. The Morgan fingerprint density at radius 2 is 2.20 bits per heavy atom. The van der Waals surface area contributed by atoms with Crippen molar-refractivity contribution in [1.29, 1.82) is 0 Å². The first kappa shape index (κ1) is 14.3. The molecule has 1 aliphatic carbocycles. The van der Waals surface area contributed by atoms with Gasteiger partial charge in [-0.1, -0.05) is 13.3 Å². The number of amides is 1. The van der Waals surface area contributed by atoms with Gasteiger partial charge in [0.15, 0.2) is 0 Å². The predicted molar refractivity (Wildman–Crippen MR) is 76.9 cm³/mol. The molecule has 6 atom stereocenters. The van der Waals surface area contributed by atoms with Crippen LogP contribution in [0.5, 0.6) is 0 Å². The van der Waals surface area contributed by atoms with Gasteiger partial charge in [-0.2, -0.15) is 0 Å². The fourth-order valence-corrected chi connectivity index (χ4v) is 4.02. The molecule has 3 rings (SSSR count). The number of hydroxylamine groups is 1. The highest BCUT2D eigenvalue weighted by Crippen LogP contribution is 2.36. The fourth-order valence-electron chi connectivity index (χ4n) is 4.02. The molecule has 0 radical (unpaired) electrons. The summed E-state index contributed by atoms with van der Waals surface area (Å²) in [6, 6.07) is 0.561. The van der Waals surface area contributed by atoms with Crippen LogP contribution in [-0.4, -0.2) is 37.2 Å². The van der Waals surface area contributed by atoms with E-state index >= 15 is 0 Å². The van der Waals surface area contributed by atoms with Crippen LogP contribution >= 0.6 is 0 Å². The third-order valence-corrected chi connectivity index (χ3v) is 5.42. The van der Waals surface area contributed by atoms with Crippen molar-refractivity contribution in [3.63, 3.8) is 0 Å². The lowest BCUT2D eigenvalue weighted by atomic mass is 9.78. The molecule has 0 bridgehead atoms. The topological polar surface area (TPSA) is 62.4 Å². The second-order valence-corrected chi connectivity index (χ2v) is 6.83. The van der Waals surface area contributed by atoms with Crippen molar-refractivity contribution in [2.45, 2.75) is 57.7 Å². The molecule has 1 amide bonds. The lowest BCUT2D eigenvalue weighted by molar-refractivity contribution is -0.123. The lowest BCUT2D eigenvalue weighted by Gasteiger charge is -2.31. The Labute approximate surface area is 121 Å². The summed E-state index contributed by atoms with van der Waals surface area (Å²) >= 11 is 0. The van der Waals surface area contributed by atoms with E-state index in [4.69, 9.17) is 4.84 Å². The number of nitrogens with one attached hydrogen (secondary N) is 3. The highest BCUT2D eigenvalue weighted by atomic mass is 16.7. The molecule has 2 saturated heterocycles. The zero-order chi connectivity index (χ0) is 14.1. The normalized spacial score (nSPS) is 44.3. The van der Waals surface area contributed by atoms with Gasteiger partial charge in [0.25, 0.3) is 0 Å². The Morgan fingerprint density at radius 3 is 2.90 bits per heavy atom. The first-order valence-corrected chi connectivity index (χ1v) is 8.07. The first-order chi connectivity index (χ1) is 9.65. The van der Waals surface area contributed by atoms with Crippen molar-refractivity contribution in [3.05, 3.63) is 0 Å². The molecule has 2 heterocycles. The van der Waals surface area contributed by atoms with Crippen molar-refractivity contribution in [3.8, 4) is 0 Å². The van der Waals surface area contributed by atoms with E-state index in [0.29, 0.717) is 30.3 Å². The summed E-state index contributed by atoms with van der Waals surface area (Å²) in [6.07, 6.45) is 5.08. The molecule has 20 heavy (non-hydrogen) atoms. The summed E-state index contributed by atoms with van der Waals surface area (Å²) in [5.41, 5.74) is 2.89. The van der Waals surface area contributed by atoms with Crippen LogP contribution in [0.4, 0.5) is 0 Å². The van der Waals surface area contributed by atoms with Gasteiger partial charge in [-0.25, -0.2) is 5.48 Å². The van der Waals surface area contributed by atoms with E-state index in [1.165, 1.54) is 19.3 Å². The summed E-state index contributed by atoms with van der Waals surface area (Å²) in [5.74, 6) is 1.95. The molecule has 0 aromatic heterocycles. The first-order valence-electron chi connectivity index (χ1n) is 8.07. The van der Waals surface area contributed by atoms with Gasteiger partial charge in [-0.05, 0) is 38.0 Å². The van der Waals surface area contributed by atoms with Crippen LogP contribution in [0.1, 0.15) is 39.5 Å². The monoisotopic (exact) mass is 281 g/mol. The Balaban J connectivity index is 1.48. The molecule has 6 unspecified atom stereocenters. The summed E-state index contributed by atoms with van der Waals surface area (Å²) in [6.45, 7) is 5.88. The van der Waals surface area contributed by atoms with E-state index in [1.54, 1.807) is 0 Å². The molecule has 5 heteroatoms. The summed E-state index contributed by atoms with van der Waals surface area (Å²) in [5, 5.41) is 6.67. The Kier molecular flexibility index (Phi) is 4.29. The molecular formula is C15H27N3O2. The number of hydrogen-bond acceptors (Lipinski definition) is 4. The minimum absolute atomic E-state index is 0.0103.